The second kappa shape index (κ2) is 8.16. The first-order chi connectivity index (χ1) is 13.7. The third kappa shape index (κ3) is 4.00. The van der Waals surface area contributed by atoms with Crippen LogP contribution in [0, 0.1) is 0 Å². The van der Waals surface area contributed by atoms with Crippen molar-refractivity contribution in [1.82, 2.24) is 15.8 Å². The number of hydrogen-bond acceptors (Lipinski definition) is 6. The molecular formula is C21H20N4O3. The average molecular weight is 376 g/mol. The highest BCUT2D eigenvalue weighted by atomic mass is 16.5. The number of fused-ring (bicyclic) bond motifs is 1. The fourth-order valence-electron chi connectivity index (χ4n) is 3.25. The molecule has 1 aliphatic heterocycles. The molecule has 3 aromatic rings. The molecule has 7 nitrogen and oxygen atoms in total. The molecule has 1 aliphatic rings. The van der Waals surface area contributed by atoms with Crippen LogP contribution in [0.4, 0.5) is 5.69 Å². The number of nitrogens with zero attached hydrogens (tertiary/aromatic N) is 1. The molecule has 3 N–H and O–H groups in total. The highest BCUT2D eigenvalue weighted by Gasteiger charge is 2.31. The van der Waals surface area contributed by atoms with Crippen molar-refractivity contribution in [3.05, 3.63) is 72.4 Å². The van der Waals surface area contributed by atoms with Crippen LogP contribution in [-0.4, -0.2) is 29.5 Å². The van der Waals surface area contributed by atoms with Gasteiger partial charge in [-0.2, -0.15) is 0 Å². The number of esters is 1. The second-order valence-corrected chi connectivity index (χ2v) is 6.57. The summed E-state index contributed by atoms with van der Waals surface area (Å²) in [6.07, 6.45) is 2.25. The van der Waals surface area contributed by atoms with Gasteiger partial charge in [-0.1, -0.05) is 36.4 Å². The summed E-state index contributed by atoms with van der Waals surface area (Å²) >= 11 is 0. The van der Waals surface area contributed by atoms with Crippen molar-refractivity contribution in [2.75, 3.05) is 11.9 Å². The molecule has 4 rings (SSSR count). The quantitative estimate of drug-likeness (QED) is 0.592. The summed E-state index contributed by atoms with van der Waals surface area (Å²) in [4.78, 5) is 28.7. The Kier molecular flexibility index (Phi) is 5.27. The third-order valence-electron chi connectivity index (χ3n) is 4.65. The van der Waals surface area contributed by atoms with Crippen molar-refractivity contribution in [2.45, 2.75) is 18.5 Å². The molecule has 2 aromatic carbocycles. The molecule has 0 aliphatic carbocycles. The largest absolute Gasteiger partial charge is 0.454 e. The van der Waals surface area contributed by atoms with Crippen molar-refractivity contribution in [1.29, 1.82) is 0 Å². The van der Waals surface area contributed by atoms with Crippen LogP contribution >= 0.6 is 0 Å². The summed E-state index contributed by atoms with van der Waals surface area (Å²) in [5.41, 5.74) is 8.54. The molecule has 1 amide bonds. The Bertz CT molecular complexity index is 988. The topological polar surface area (TPSA) is 92.4 Å². The van der Waals surface area contributed by atoms with Crippen LogP contribution in [0.15, 0.2) is 66.9 Å². The van der Waals surface area contributed by atoms with Crippen LogP contribution in [0.5, 0.6) is 0 Å². The van der Waals surface area contributed by atoms with Crippen LogP contribution in [0.2, 0.25) is 0 Å². The van der Waals surface area contributed by atoms with Gasteiger partial charge in [-0.05, 0) is 36.2 Å². The van der Waals surface area contributed by atoms with E-state index in [1.165, 1.54) is 0 Å². The van der Waals surface area contributed by atoms with Gasteiger partial charge in [-0.15, -0.1) is 0 Å². The van der Waals surface area contributed by atoms with Crippen LogP contribution in [0.1, 0.15) is 18.0 Å². The van der Waals surface area contributed by atoms with E-state index in [4.69, 9.17) is 4.74 Å². The SMILES string of the molecule is O=C(COC(=O)C1CC(c2ccccc2)NN1)Nc1cccc2ncccc12. The maximum Gasteiger partial charge on any atom is 0.325 e. The van der Waals surface area contributed by atoms with E-state index in [9.17, 15) is 9.59 Å². The van der Waals surface area contributed by atoms with Gasteiger partial charge < -0.3 is 10.1 Å². The van der Waals surface area contributed by atoms with Crippen LogP contribution in [-0.2, 0) is 14.3 Å². The first kappa shape index (κ1) is 18.1. The molecular weight excluding hydrogens is 356 g/mol. The van der Waals surface area contributed by atoms with E-state index < -0.39 is 17.9 Å². The smallest absolute Gasteiger partial charge is 0.325 e. The molecule has 1 fully saturated rings. The summed E-state index contributed by atoms with van der Waals surface area (Å²) in [6.45, 7) is -0.344. The van der Waals surface area contributed by atoms with Gasteiger partial charge in [0.15, 0.2) is 6.61 Å². The lowest BCUT2D eigenvalue weighted by atomic mass is 10.0. The first-order valence-corrected chi connectivity index (χ1v) is 9.07. The van der Waals surface area contributed by atoms with Gasteiger partial charge in [0.25, 0.3) is 5.91 Å². The molecule has 0 bridgehead atoms. The van der Waals surface area contributed by atoms with Crippen LogP contribution in [0.3, 0.4) is 0 Å². The first-order valence-electron chi connectivity index (χ1n) is 9.07. The summed E-state index contributed by atoms with van der Waals surface area (Å²) in [6, 6.07) is 18.5. The predicted molar refractivity (Wildman–Crippen MR) is 105 cm³/mol. The van der Waals surface area contributed by atoms with E-state index in [1.807, 2.05) is 48.5 Å². The van der Waals surface area contributed by atoms with Gasteiger partial charge in [-0.3, -0.25) is 14.6 Å². The number of carbonyl (C=O) groups excluding carboxylic acids is 2. The van der Waals surface area contributed by atoms with E-state index in [0.717, 1.165) is 16.5 Å². The zero-order chi connectivity index (χ0) is 19.3. The number of aromatic nitrogens is 1. The number of ether oxygens (including phenoxy) is 1. The minimum atomic E-state index is -0.500. The molecule has 0 spiro atoms. The number of nitrogens with one attached hydrogen (secondary N) is 3. The Morgan fingerprint density at radius 2 is 1.89 bits per heavy atom. The Labute approximate surface area is 162 Å². The summed E-state index contributed by atoms with van der Waals surface area (Å²) in [5, 5.41) is 3.60. The molecule has 1 saturated heterocycles. The van der Waals surface area contributed by atoms with E-state index in [2.05, 4.69) is 21.2 Å². The van der Waals surface area contributed by atoms with Gasteiger partial charge in [0.05, 0.1) is 11.2 Å². The maximum atomic E-state index is 12.3. The number of rotatable bonds is 5. The molecule has 2 heterocycles. The van der Waals surface area contributed by atoms with Crippen molar-refractivity contribution in [3.63, 3.8) is 0 Å². The van der Waals surface area contributed by atoms with Gasteiger partial charge in [0.2, 0.25) is 0 Å². The molecule has 7 heteroatoms. The Balaban J connectivity index is 1.31. The molecule has 142 valence electrons. The van der Waals surface area contributed by atoms with E-state index >= 15 is 0 Å². The molecule has 1 aromatic heterocycles. The fourth-order valence-corrected chi connectivity index (χ4v) is 3.25. The number of amides is 1. The van der Waals surface area contributed by atoms with Gasteiger partial charge in [-0.25, -0.2) is 10.9 Å². The summed E-state index contributed by atoms with van der Waals surface area (Å²) in [5.74, 6) is -0.851. The highest BCUT2D eigenvalue weighted by Crippen LogP contribution is 2.23. The van der Waals surface area contributed by atoms with Crippen molar-refractivity contribution in [3.8, 4) is 0 Å². The normalized spacial score (nSPS) is 18.7. The molecule has 0 radical (unpaired) electrons. The monoisotopic (exact) mass is 376 g/mol. The van der Waals surface area contributed by atoms with Crippen molar-refractivity contribution < 1.29 is 14.3 Å². The number of pyridine rings is 1. The zero-order valence-corrected chi connectivity index (χ0v) is 15.1. The lowest BCUT2D eigenvalue weighted by Crippen LogP contribution is -2.38. The zero-order valence-electron chi connectivity index (χ0n) is 15.1. The molecule has 28 heavy (non-hydrogen) atoms. The number of carbonyl (C=O) groups is 2. The fraction of sp³-hybridized carbons (Fsp3) is 0.190. The second-order valence-electron chi connectivity index (χ2n) is 6.57. The molecule has 2 unspecified atom stereocenters. The standard InChI is InChI=1S/C21H20N4O3/c26-20(23-17-10-4-9-16-15(17)8-5-11-22-16)13-28-21(27)19-12-18(24-25-19)14-6-2-1-3-7-14/h1-11,18-19,24-25H,12-13H2,(H,23,26). The summed E-state index contributed by atoms with van der Waals surface area (Å²) in [7, 11) is 0. The van der Waals surface area contributed by atoms with Gasteiger partial charge in [0, 0.05) is 17.6 Å². The lowest BCUT2D eigenvalue weighted by molar-refractivity contribution is -0.149. The number of benzene rings is 2. The Morgan fingerprint density at radius 1 is 1.04 bits per heavy atom. The number of hydrazine groups is 1. The third-order valence-corrected chi connectivity index (χ3v) is 4.65. The van der Waals surface area contributed by atoms with E-state index in [1.54, 1.807) is 18.3 Å². The van der Waals surface area contributed by atoms with Gasteiger partial charge >= 0.3 is 5.97 Å². The van der Waals surface area contributed by atoms with E-state index in [-0.39, 0.29) is 12.6 Å². The summed E-state index contributed by atoms with van der Waals surface area (Å²) < 4.78 is 5.19. The predicted octanol–water partition coefficient (Wildman–Crippen LogP) is 2.32. The number of anilines is 1. The Morgan fingerprint density at radius 3 is 2.75 bits per heavy atom. The van der Waals surface area contributed by atoms with Crippen LogP contribution < -0.4 is 16.2 Å². The van der Waals surface area contributed by atoms with Crippen molar-refractivity contribution in [2.24, 2.45) is 0 Å². The van der Waals surface area contributed by atoms with Crippen molar-refractivity contribution >= 4 is 28.5 Å². The van der Waals surface area contributed by atoms with Crippen LogP contribution in [0.25, 0.3) is 10.9 Å². The van der Waals surface area contributed by atoms with E-state index in [0.29, 0.717) is 12.1 Å². The lowest BCUT2D eigenvalue weighted by Gasteiger charge is -2.11. The maximum absolute atomic E-state index is 12.3. The molecule has 2 atom stereocenters. The van der Waals surface area contributed by atoms with Gasteiger partial charge in [0.1, 0.15) is 6.04 Å². The average Bonchev–Trinajstić information content (AvgIpc) is 3.23. The minimum absolute atomic E-state index is 0.0239. The molecule has 0 saturated carbocycles. The number of hydrogen-bond donors (Lipinski definition) is 3. The highest BCUT2D eigenvalue weighted by molar-refractivity contribution is 6.01. The Hall–Kier alpha value is -3.29. The minimum Gasteiger partial charge on any atom is -0.454 e.